The highest BCUT2D eigenvalue weighted by Crippen LogP contribution is 2.19. The van der Waals surface area contributed by atoms with Crippen molar-refractivity contribution in [1.29, 1.82) is 0 Å². The lowest BCUT2D eigenvalue weighted by Crippen LogP contribution is -2.28. The Balaban J connectivity index is 1.65. The van der Waals surface area contributed by atoms with E-state index in [1.165, 1.54) is 12.1 Å². The van der Waals surface area contributed by atoms with E-state index in [2.05, 4.69) is 15.7 Å². The maximum absolute atomic E-state index is 12.5. The first-order valence-corrected chi connectivity index (χ1v) is 9.72. The number of benzene rings is 2. The molecule has 1 heterocycles. The molecule has 0 aliphatic carbocycles. The fourth-order valence-corrected chi connectivity index (χ4v) is 3.06. The molecule has 0 aliphatic rings. The van der Waals surface area contributed by atoms with Gasteiger partial charge in [0.05, 0.1) is 6.54 Å². The van der Waals surface area contributed by atoms with Crippen LogP contribution in [0.4, 0.5) is 11.4 Å². The SMILES string of the molecule is Cc1cccc(NC(=O)c2ccc(=O)n(CCC(=O)Nc3ccc(Cl)cc3C)n2)c1. The molecule has 0 aliphatic heterocycles. The van der Waals surface area contributed by atoms with Crippen molar-refractivity contribution in [2.75, 3.05) is 10.6 Å². The molecule has 154 valence electrons. The number of aryl methyl sites for hydroxylation is 3. The van der Waals surface area contributed by atoms with Crippen LogP contribution in [0, 0.1) is 13.8 Å². The maximum atomic E-state index is 12.5. The number of hydrogen-bond acceptors (Lipinski definition) is 4. The molecule has 3 aromatic rings. The molecule has 0 spiro atoms. The zero-order chi connectivity index (χ0) is 21.7. The van der Waals surface area contributed by atoms with E-state index in [-0.39, 0.29) is 24.6 Å². The Bertz CT molecular complexity index is 1160. The third kappa shape index (κ3) is 5.55. The van der Waals surface area contributed by atoms with E-state index in [4.69, 9.17) is 11.6 Å². The summed E-state index contributed by atoms with van der Waals surface area (Å²) in [5, 5.41) is 10.2. The van der Waals surface area contributed by atoms with Crippen molar-refractivity contribution >= 4 is 34.8 Å². The molecule has 0 saturated carbocycles. The molecule has 3 rings (SSSR count). The topological polar surface area (TPSA) is 93.1 Å². The maximum Gasteiger partial charge on any atom is 0.276 e. The van der Waals surface area contributed by atoms with Crippen LogP contribution < -0.4 is 16.2 Å². The molecule has 30 heavy (non-hydrogen) atoms. The van der Waals surface area contributed by atoms with Crippen LogP contribution in [-0.2, 0) is 11.3 Å². The molecular weight excluding hydrogens is 404 g/mol. The van der Waals surface area contributed by atoms with Gasteiger partial charge in [-0.25, -0.2) is 4.68 Å². The van der Waals surface area contributed by atoms with E-state index in [0.29, 0.717) is 16.4 Å². The zero-order valence-electron chi connectivity index (χ0n) is 16.6. The Morgan fingerprint density at radius 1 is 1.03 bits per heavy atom. The fourth-order valence-electron chi connectivity index (χ4n) is 2.84. The average Bonchev–Trinajstić information content (AvgIpc) is 2.69. The van der Waals surface area contributed by atoms with Gasteiger partial charge in [0.15, 0.2) is 0 Å². The van der Waals surface area contributed by atoms with Crippen molar-refractivity contribution in [2.45, 2.75) is 26.8 Å². The molecule has 0 fully saturated rings. The number of nitrogens with zero attached hydrogens (tertiary/aromatic N) is 2. The van der Waals surface area contributed by atoms with Crippen molar-refractivity contribution in [3.8, 4) is 0 Å². The molecule has 2 aromatic carbocycles. The Morgan fingerprint density at radius 3 is 2.57 bits per heavy atom. The Hall–Kier alpha value is -3.45. The standard InChI is InChI=1S/C22H21ClN4O3/c1-14-4-3-5-17(12-14)24-22(30)19-8-9-21(29)27(26-19)11-10-20(28)25-18-7-6-16(23)13-15(18)2/h3-9,12-13H,10-11H2,1-2H3,(H,24,30)(H,25,28). The minimum atomic E-state index is -0.435. The van der Waals surface area contributed by atoms with E-state index in [1.54, 1.807) is 24.3 Å². The number of amides is 2. The van der Waals surface area contributed by atoms with Gasteiger partial charge < -0.3 is 10.6 Å². The molecular formula is C22H21ClN4O3. The van der Waals surface area contributed by atoms with Crippen LogP contribution in [0.1, 0.15) is 28.0 Å². The van der Waals surface area contributed by atoms with Crippen LogP contribution in [0.25, 0.3) is 0 Å². The summed E-state index contributed by atoms with van der Waals surface area (Å²) in [7, 11) is 0. The summed E-state index contributed by atoms with van der Waals surface area (Å²) in [6.07, 6.45) is 0.0257. The largest absolute Gasteiger partial charge is 0.326 e. The average molecular weight is 425 g/mol. The molecule has 0 atom stereocenters. The highest BCUT2D eigenvalue weighted by molar-refractivity contribution is 6.30. The van der Waals surface area contributed by atoms with Gasteiger partial charge in [0.2, 0.25) is 5.91 Å². The van der Waals surface area contributed by atoms with Crippen LogP contribution in [0.2, 0.25) is 5.02 Å². The van der Waals surface area contributed by atoms with Gasteiger partial charge in [-0.05, 0) is 61.4 Å². The first-order chi connectivity index (χ1) is 14.3. The van der Waals surface area contributed by atoms with Crippen LogP contribution >= 0.6 is 11.6 Å². The van der Waals surface area contributed by atoms with Crippen LogP contribution in [0.3, 0.4) is 0 Å². The number of hydrogen-bond donors (Lipinski definition) is 2. The highest BCUT2D eigenvalue weighted by atomic mass is 35.5. The quantitative estimate of drug-likeness (QED) is 0.629. The highest BCUT2D eigenvalue weighted by Gasteiger charge is 2.12. The summed E-state index contributed by atoms with van der Waals surface area (Å²) in [6.45, 7) is 3.80. The summed E-state index contributed by atoms with van der Waals surface area (Å²) in [4.78, 5) is 36.8. The molecule has 7 nitrogen and oxygen atoms in total. The first kappa shape index (κ1) is 21.3. The summed E-state index contributed by atoms with van der Waals surface area (Å²) < 4.78 is 1.11. The third-order valence-electron chi connectivity index (χ3n) is 4.39. The summed E-state index contributed by atoms with van der Waals surface area (Å²) in [5.74, 6) is -0.709. The van der Waals surface area contributed by atoms with Crippen molar-refractivity contribution in [3.05, 3.63) is 86.8 Å². The van der Waals surface area contributed by atoms with E-state index >= 15 is 0 Å². The summed E-state index contributed by atoms with van der Waals surface area (Å²) in [6, 6.07) is 15.1. The summed E-state index contributed by atoms with van der Waals surface area (Å²) in [5.41, 5.74) is 2.82. The van der Waals surface area contributed by atoms with Crippen molar-refractivity contribution in [1.82, 2.24) is 9.78 Å². The molecule has 0 radical (unpaired) electrons. The van der Waals surface area contributed by atoms with E-state index in [9.17, 15) is 14.4 Å². The van der Waals surface area contributed by atoms with Crippen LogP contribution in [0.15, 0.2) is 59.4 Å². The Kier molecular flexibility index (Phi) is 6.64. The van der Waals surface area contributed by atoms with Crippen molar-refractivity contribution < 1.29 is 9.59 Å². The molecule has 0 unspecified atom stereocenters. The molecule has 0 bridgehead atoms. The third-order valence-corrected chi connectivity index (χ3v) is 4.62. The number of halogens is 1. The Morgan fingerprint density at radius 2 is 1.83 bits per heavy atom. The second kappa shape index (κ2) is 9.37. The van der Waals surface area contributed by atoms with Gasteiger partial charge in [0.1, 0.15) is 5.69 Å². The lowest BCUT2D eigenvalue weighted by molar-refractivity contribution is -0.116. The molecule has 2 amide bonds. The molecule has 2 N–H and O–H groups in total. The lowest BCUT2D eigenvalue weighted by atomic mass is 10.2. The number of carbonyl (C=O) groups excluding carboxylic acids is 2. The normalized spacial score (nSPS) is 10.5. The summed E-state index contributed by atoms with van der Waals surface area (Å²) >= 11 is 5.92. The Labute approximate surface area is 178 Å². The lowest BCUT2D eigenvalue weighted by Gasteiger charge is -2.10. The second-order valence-corrected chi connectivity index (χ2v) is 7.30. The van der Waals surface area contributed by atoms with Crippen LogP contribution in [0.5, 0.6) is 0 Å². The number of rotatable bonds is 6. The minimum Gasteiger partial charge on any atom is -0.326 e. The van der Waals surface area contributed by atoms with Crippen molar-refractivity contribution in [3.63, 3.8) is 0 Å². The van der Waals surface area contributed by atoms with E-state index in [0.717, 1.165) is 15.8 Å². The zero-order valence-corrected chi connectivity index (χ0v) is 17.4. The smallest absolute Gasteiger partial charge is 0.276 e. The van der Waals surface area contributed by atoms with Gasteiger partial charge in [-0.1, -0.05) is 23.7 Å². The molecule has 8 heteroatoms. The van der Waals surface area contributed by atoms with Gasteiger partial charge in [0, 0.05) is 28.9 Å². The fraction of sp³-hybridized carbons (Fsp3) is 0.182. The van der Waals surface area contributed by atoms with Gasteiger partial charge >= 0.3 is 0 Å². The van der Waals surface area contributed by atoms with E-state index < -0.39 is 11.5 Å². The molecule has 0 saturated heterocycles. The van der Waals surface area contributed by atoms with Gasteiger partial charge in [-0.15, -0.1) is 0 Å². The predicted octanol–water partition coefficient (Wildman–Crippen LogP) is 3.79. The van der Waals surface area contributed by atoms with Gasteiger partial charge in [-0.2, -0.15) is 5.10 Å². The van der Waals surface area contributed by atoms with E-state index in [1.807, 2.05) is 32.0 Å². The van der Waals surface area contributed by atoms with Crippen molar-refractivity contribution in [2.24, 2.45) is 0 Å². The number of aromatic nitrogens is 2. The monoisotopic (exact) mass is 424 g/mol. The molecule has 1 aromatic heterocycles. The minimum absolute atomic E-state index is 0.0257. The van der Waals surface area contributed by atoms with Gasteiger partial charge in [-0.3, -0.25) is 14.4 Å². The number of anilines is 2. The van der Waals surface area contributed by atoms with Crippen LogP contribution in [-0.4, -0.2) is 21.6 Å². The predicted molar refractivity (Wildman–Crippen MR) is 117 cm³/mol. The first-order valence-electron chi connectivity index (χ1n) is 9.34. The number of nitrogens with one attached hydrogen (secondary N) is 2. The van der Waals surface area contributed by atoms with Gasteiger partial charge in [0.25, 0.3) is 11.5 Å². The number of carbonyl (C=O) groups is 2. The second-order valence-electron chi connectivity index (χ2n) is 6.86.